The fourth-order valence-electron chi connectivity index (χ4n) is 7.26. The molecule has 5 aromatic rings. The third-order valence-corrected chi connectivity index (χ3v) is 9.77. The lowest BCUT2D eigenvalue weighted by Gasteiger charge is -2.27. The number of anilines is 3. The molecule has 5 heterocycles. The van der Waals surface area contributed by atoms with Crippen LogP contribution in [0.4, 0.5) is 17.3 Å². The Labute approximate surface area is 265 Å². The van der Waals surface area contributed by atoms with Crippen LogP contribution in [0.5, 0.6) is 5.75 Å². The van der Waals surface area contributed by atoms with Crippen molar-refractivity contribution in [2.45, 2.75) is 51.2 Å². The van der Waals surface area contributed by atoms with Gasteiger partial charge in [-0.15, -0.1) is 0 Å². The molecule has 1 aromatic carbocycles. The molecule has 1 saturated heterocycles. The number of rotatable bonds is 8. The third kappa shape index (κ3) is 4.84. The average molecular weight is 620 g/mol. The van der Waals surface area contributed by atoms with Crippen molar-refractivity contribution in [2.75, 3.05) is 24.3 Å². The van der Waals surface area contributed by atoms with Crippen molar-refractivity contribution in [1.29, 1.82) is 0 Å². The molecule has 2 saturated carbocycles. The number of amides is 2. The number of nitrogens with zero attached hydrogens (tertiary/aromatic N) is 6. The van der Waals surface area contributed by atoms with Crippen LogP contribution in [-0.2, 0) is 18.4 Å². The van der Waals surface area contributed by atoms with E-state index in [1.165, 1.54) is 19.8 Å². The SMILES string of the molecule is COc1cc(C(=O)N2CC3CCC2[C@@H]3N)cc2nc(-c3cc4ccc(Nc5ccc(NC(C)=O)nc5)nc4n3CC3CC3)n(C)c12. The zero-order valence-corrected chi connectivity index (χ0v) is 26.2. The number of nitrogens with two attached hydrogens (primary N) is 1. The number of carbonyl (C=O) groups is 2. The molecule has 1 aliphatic heterocycles. The summed E-state index contributed by atoms with van der Waals surface area (Å²) in [7, 11) is 3.62. The molecule has 46 heavy (non-hydrogen) atoms. The number of carbonyl (C=O) groups excluding carboxylic acids is 2. The number of piperidine rings is 1. The van der Waals surface area contributed by atoms with Gasteiger partial charge in [0.15, 0.2) is 5.82 Å². The third-order valence-electron chi connectivity index (χ3n) is 9.77. The zero-order chi connectivity index (χ0) is 31.7. The fraction of sp³-hybridized carbons (Fsp3) is 0.382. The number of hydrogen-bond donors (Lipinski definition) is 3. The van der Waals surface area contributed by atoms with E-state index in [9.17, 15) is 9.59 Å². The highest BCUT2D eigenvalue weighted by Gasteiger charge is 2.47. The Morgan fingerprint density at radius 2 is 1.87 bits per heavy atom. The van der Waals surface area contributed by atoms with Crippen LogP contribution >= 0.6 is 0 Å². The van der Waals surface area contributed by atoms with E-state index in [4.69, 9.17) is 20.4 Å². The maximum atomic E-state index is 13.7. The normalized spacial score (nSPS) is 20.5. The number of likely N-dealkylation sites (tertiary alicyclic amines) is 1. The largest absolute Gasteiger partial charge is 0.494 e. The second-order valence-electron chi connectivity index (χ2n) is 12.9. The van der Waals surface area contributed by atoms with Gasteiger partial charge in [-0.2, -0.15) is 0 Å². The minimum Gasteiger partial charge on any atom is -0.494 e. The van der Waals surface area contributed by atoms with Crippen molar-refractivity contribution in [3.63, 3.8) is 0 Å². The first kappa shape index (κ1) is 28.5. The van der Waals surface area contributed by atoms with Crippen LogP contribution in [-0.4, -0.2) is 66.5 Å². The molecule has 2 aliphatic carbocycles. The molecule has 2 amide bonds. The monoisotopic (exact) mass is 619 g/mol. The predicted molar refractivity (Wildman–Crippen MR) is 176 cm³/mol. The molecule has 3 fully saturated rings. The van der Waals surface area contributed by atoms with Gasteiger partial charge in [-0.25, -0.2) is 15.0 Å². The van der Waals surface area contributed by atoms with Crippen LogP contribution in [0.2, 0.25) is 0 Å². The summed E-state index contributed by atoms with van der Waals surface area (Å²) < 4.78 is 10.2. The van der Waals surface area contributed by atoms with E-state index in [1.807, 2.05) is 36.2 Å². The van der Waals surface area contributed by atoms with Crippen molar-refractivity contribution in [1.82, 2.24) is 29.0 Å². The molecule has 3 aliphatic rings. The topological polar surface area (TPSA) is 145 Å². The fourth-order valence-corrected chi connectivity index (χ4v) is 7.26. The first-order chi connectivity index (χ1) is 22.3. The van der Waals surface area contributed by atoms with Crippen molar-refractivity contribution in [2.24, 2.45) is 24.6 Å². The number of hydrogen-bond acceptors (Lipinski definition) is 8. The lowest BCUT2D eigenvalue weighted by molar-refractivity contribution is -0.114. The lowest BCUT2D eigenvalue weighted by Crippen LogP contribution is -2.41. The van der Waals surface area contributed by atoms with Gasteiger partial charge >= 0.3 is 0 Å². The summed E-state index contributed by atoms with van der Waals surface area (Å²) in [6.07, 6.45) is 6.09. The van der Waals surface area contributed by atoms with Crippen LogP contribution in [0.15, 0.2) is 48.7 Å². The van der Waals surface area contributed by atoms with Gasteiger partial charge in [0, 0.05) is 50.1 Å². The molecule has 8 rings (SSSR count). The van der Waals surface area contributed by atoms with E-state index in [-0.39, 0.29) is 23.9 Å². The maximum Gasteiger partial charge on any atom is 0.254 e. The molecule has 12 heteroatoms. The molecule has 2 unspecified atom stereocenters. The van der Waals surface area contributed by atoms with E-state index in [0.29, 0.717) is 46.8 Å². The van der Waals surface area contributed by atoms with Gasteiger partial charge in [0.1, 0.15) is 28.5 Å². The van der Waals surface area contributed by atoms with Crippen molar-refractivity contribution < 1.29 is 14.3 Å². The van der Waals surface area contributed by atoms with Gasteiger partial charge in [-0.05, 0) is 80.0 Å². The number of pyridine rings is 2. The van der Waals surface area contributed by atoms with Crippen molar-refractivity contribution in [3.8, 4) is 17.3 Å². The maximum absolute atomic E-state index is 13.7. The second-order valence-corrected chi connectivity index (χ2v) is 12.9. The smallest absolute Gasteiger partial charge is 0.254 e. The molecule has 12 nitrogen and oxygen atoms in total. The Hall–Kier alpha value is -4.97. The van der Waals surface area contributed by atoms with Gasteiger partial charge in [0.25, 0.3) is 5.91 Å². The summed E-state index contributed by atoms with van der Waals surface area (Å²) >= 11 is 0. The molecular weight excluding hydrogens is 582 g/mol. The molecule has 236 valence electrons. The van der Waals surface area contributed by atoms with E-state index in [2.05, 4.69) is 36.9 Å². The molecule has 4 aromatic heterocycles. The quantitative estimate of drug-likeness (QED) is 0.227. The highest BCUT2D eigenvalue weighted by atomic mass is 16.5. The minimum atomic E-state index is -0.167. The van der Waals surface area contributed by atoms with Crippen LogP contribution in [0.3, 0.4) is 0 Å². The van der Waals surface area contributed by atoms with E-state index >= 15 is 0 Å². The number of aryl methyl sites for hydroxylation is 1. The predicted octanol–water partition coefficient (Wildman–Crippen LogP) is 4.67. The Morgan fingerprint density at radius 3 is 2.54 bits per heavy atom. The van der Waals surface area contributed by atoms with Gasteiger partial charge in [-0.3, -0.25) is 9.59 Å². The summed E-state index contributed by atoms with van der Waals surface area (Å²) in [5, 5.41) is 7.03. The van der Waals surface area contributed by atoms with Crippen LogP contribution in [0.1, 0.15) is 43.0 Å². The van der Waals surface area contributed by atoms with Crippen LogP contribution < -0.4 is 21.1 Å². The van der Waals surface area contributed by atoms with E-state index < -0.39 is 0 Å². The minimum absolute atomic E-state index is 0.0120. The highest BCUT2D eigenvalue weighted by molar-refractivity contribution is 6.00. The number of nitrogens with one attached hydrogen (secondary N) is 2. The van der Waals surface area contributed by atoms with Crippen molar-refractivity contribution in [3.05, 3.63) is 54.2 Å². The Morgan fingerprint density at radius 1 is 1.04 bits per heavy atom. The van der Waals surface area contributed by atoms with Gasteiger partial charge in [0.2, 0.25) is 5.91 Å². The molecule has 2 bridgehead atoms. The molecule has 3 atom stereocenters. The standard InChI is InChI=1S/C34H37N9O3/c1-18(44)37-28-11-8-23(15-36-28)38-29-10-7-20-13-26(42(32(20)40-29)16-19-4-5-19)33-39-24-12-22(14-27(46-3)31(24)41(33)2)34(45)43-17-21-6-9-25(43)30(21)35/h7-8,10-15,19,21,25,30H,4-6,9,16-17,35H2,1-3H3,(H,38,40)(H,36,37,44)/t21?,25?,30-/m1/s1. The Balaban J connectivity index is 1.16. The summed E-state index contributed by atoms with van der Waals surface area (Å²) in [5.41, 5.74) is 11.1. The highest BCUT2D eigenvalue weighted by Crippen LogP contribution is 2.40. The van der Waals surface area contributed by atoms with Gasteiger partial charge in [-0.1, -0.05) is 0 Å². The second kappa shape index (κ2) is 10.8. The molecule has 0 radical (unpaired) electrons. The molecule has 4 N–H and O–H groups in total. The van der Waals surface area contributed by atoms with E-state index in [0.717, 1.165) is 53.1 Å². The molecule has 0 spiro atoms. The summed E-state index contributed by atoms with van der Waals surface area (Å²) in [6.45, 7) is 3.00. The molecular formula is C34H37N9O3. The number of imidazole rings is 1. The first-order valence-corrected chi connectivity index (χ1v) is 15.9. The van der Waals surface area contributed by atoms with Crippen LogP contribution in [0, 0.1) is 11.8 Å². The average Bonchev–Trinajstić information content (AvgIpc) is 3.46. The van der Waals surface area contributed by atoms with E-state index in [1.54, 1.807) is 19.4 Å². The number of aromatic nitrogens is 5. The van der Waals surface area contributed by atoms with Gasteiger partial charge in [0.05, 0.1) is 30.2 Å². The summed E-state index contributed by atoms with van der Waals surface area (Å²) in [5.74, 6) is 3.37. The first-order valence-electron chi connectivity index (χ1n) is 15.9. The van der Waals surface area contributed by atoms with Gasteiger partial charge < -0.3 is 35.1 Å². The van der Waals surface area contributed by atoms with Crippen molar-refractivity contribution >= 4 is 51.2 Å². The number of benzene rings is 1. The summed E-state index contributed by atoms with van der Waals surface area (Å²) in [4.78, 5) is 41.5. The zero-order valence-electron chi connectivity index (χ0n) is 26.2. The Kier molecular flexibility index (Phi) is 6.71. The number of fused-ring (bicyclic) bond motifs is 4. The summed E-state index contributed by atoms with van der Waals surface area (Å²) in [6, 6.07) is 13.6. The Bertz CT molecular complexity index is 2010. The number of methoxy groups -OCH3 is 1. The lowest BCUT2D eigenvalue weighted by atomic mass is 10.1. The number of ether oxygens (including phenoxy) is 1. The van der Waals surface area contributed by atoms with Crippen LogP contribution in [0.25, 0.3) is 33.6 Å².